The van der Waals surface area contributed by atoms with Crippen LogP contribution >= 0.6 is 15.9 Å². The van der Waals surface area contributed by atoms with Crippen molar-refractivity contribution in [2.45, 2.75) is 19.9 Å². The number of alkyl halides is 1. The number of aromatic nitrogens is 2. The molecular weight excluding hydrogens is 519 g/mol. The lowest BCUT2D eigenvalue weighted by atomic mass is 10.1. The van der Waals surface area contributed by atoms with Crippen LogP contribution in [0.1, 0.15) is 23.7 Å². The number of hydrogen-bond acceptors (Lipinski definition) is 5. The highest BCUT2D eigenvalue weighted by molar-refractivity contribution is 9.09. The summed E-state index contributed by atoms with van der Waals surface area (Å²) in [5.74, 6) is -0.955. The third kappa shape index (κ3) is 10.0. The summed E-state index contributed by atoms with van der Waals surface area (Å²) in [5, 5.41) is 11.2. The Hall–Kier alpha value is -2.97. The molecule has 0 aliphatic rings. The number of esters is 1. The Bertz CT molecular complexity index is 968. The fourth-order valence-corrected chi connectivity index (χ4v) is 2.97. The van der Waals surface area contributed by atoms with E-state index in [1.165, 1.54) is 17.0 Å². The van der Waals surface area contributed by atoms with Crippen LogP contribution < -0.4 is 9.47 Å². The molecule has 0 atom stereocenters. The number of anilines is 1. The maximum atomic E-state index is 12.6. The van der Waals surface area contributed by atoms with Crippen molar-refractivity contribution >= 4 is 46.4 Å². The Labute approximate surface area is 195 Å². The first-order valence-electron chi connectivity index (χ1n) is 9.57. The minimum absolute atomic E-state index is 0.00462. The molecule has 15 heteroatoms. The zero-order valence-corrected chi connectivity index (χ0v) is 19.4. The molecule has 182 valence electrons. The Balaban J connectivity index is 0.000000981. The minimum Gasteiger partial charge on any atom is -0.458 e. The molecule has 0 unspecified atom stereocenters. The molecule has 0 fully saturated rings. The van der Waals surface area contributed by atoms with E-state index in [4.69, 9.17) is 4.74 Å². The van der Waals surface area contributed by atoms with E-state index >= 15 is 0 Å². The number of non-ortho nitro benzene ring substituents is 1. The van der Waals surface area contributed by atoms with E-state index in [2.05, 4.69) is 15.9 Å². The largest absolute Gasteiger partial charge is 0.673 e. The Morgan fingerprint density at radius 3 is 2.42 bits per heavy atom. The monoisotopic (exact) mass is 540 g/mol. The first-order valence-corrected chi connectivity index (χ1v) is 10.7. The van der Waals surface area contributed by atoms with Crippen LogP contribution in [0.25, 0.3) is 0 Å². The van der Waals surface area contributed by atoms with Gasteiger partial charge in [-0.05, 0) is 12.5 Å². The van der Waals surface area contributed by atoms with Crippen LogP contribution in [0.2, 0.25) is 0 Å². The Kier molecular flexibility index (Phi) is 11.0. The summed E-state index contributed by atoms with van der Waals surface area (Å²) in [5.41, 5.74) is 0.0557. The molecule has 2 rings (SSSR count). The number of nitrogens with zero attached hydrogens (tertiary/aromatic N) is 4. The van der Waals surface area contributed by atoms with E-state index in [0.717, 1.165) is 6.07 Å². The molecule has 0 saturated heterocycles. The molecule has 1 aromatic heterocycles. The molecule has 0 bridgehead atoms. The standard InChI is InChI=1S/C18H22BrN4O5.BF4/c1-3-6-22(17(24)12-19)16-5-4-14(23(26)27)11-15(16)18(25)28-10-9-21-8-7-20(2)13-21;2-1(3,4)5/h4-5,7-8,11,13H,3,6,9-10,12H2,1-2H3;/q+1;-1. The fourth-order valence-electron chi connectivity index (χ4n) is 2.67. The number of ether oxygens (including phenoxy) is 1. The van der Waals surface area contributed by atoms with Crippen molar-refractivity contribution < 1.29 is 41.1 Å². The van der Waals surface area contributed by atoms with Gasteiger partial charge in [-0.2, -0.15) is 0 Å². The van der Waals surface area contributed by atoms with Crippen molar-refractivity contribution in [3.63, 3.8) is 0 Å². The quantitative estimate of drug-likeness (QED) is 0.0921. The van der Waals surface area contributed by atoms with Crippen molar-refractivity contribution in [1.82, 2.24) is 4.57 Å². The topological polar surface area (TPSA) is 98.6 Å². The number of carbonyl (C=O) groups excluding carboxylic acids is 2. The summed E-state index contributed by atoms with van der Waals surface area (Å²) in [4.78, 5) is 36.9. The van der Waals surface area contributed by atoms with E-state index in [-0.39, 0.29) is 29.1 Å². The number of imidazole rings is 1. The van der Waals surface area contributed by atoms with Gasteiger partial charge in [0.05, 0.1) is 28.6 Å². The van der Waals surface area contributed by atoms with Crippen LogP contribution in [0.15, 0.2) is 36.9 Å². The number of nitro benzene ring substituents is 1. The molecule has 0 aliphatic carbocycles. The van der Waals surface area contributed by atoms with Gasteiger partial charge < -0.3 is 26.9 Å². The van der Waals surface area contributed by atoms with Crippen LogP contribution in [-0.2, 0) is 23.1 Å². The molecule has 33 heavy (non-hydrogen) atoms. The lowest BCUT2D eigenvalue weighted by Gasteiger charge is -2.23. The minimum atomic E-state index is -6.00. The highest BCUT2D eigenvalue weighted by Crippen LogP contribution is 2.27. The van der Waals surface area contributed by atoms with E-state index in [9.17, 15) is 37.0 Å². The van der Waals surface area contributed by atoms with Crippen LogP contribution in [0.5, 0.6) is 0 Å². The van der Waals surface area contributed by atoms with Crippen molar-refractivity contribution in [3.8, 4) is 0 Å². The second-order valence-corrected chi connectivity index (χ2v) is 7.15. The molecule has 9 nitrogen and oxygen atoms in total. The molecule has 1 heterocycles. The van der Waals surface area contributed by atoms with E-state index in [1.54, 1.807) is 0 Å². The number of aryl methyl sites for hydroxylation is 1. The van der Waals surface area contributed by atoms with Crippen LogP contribution in [0, 0.1) is 10.1 Å². The molecule has 2 aromatic rings. The number of hydrogen-bond donors (Lipinski definition) is 0. The summed E-state index contributed by atoms with van der Waals surface area (Å²) in [6.07, 6.45) is 6.19. The lowest BCUT2D eigenvalue weighted by molar-refractivity contribution is -0.671. The zero-order chi connectivity index (χ0) is 25.2. The van der Waals surface area contributed by atoms with Gasteiger partial charge in [0.25, 0.3) is 5.69 Å². The summed E-state index contributed by atoms with van der Waals surface area (Å²) in [6.45, 7) is 2.81. The predicted octanol–water partition coefficient (Wildman–Crippen LogP) is 3.52. The Morgan fingerprint density at radius 1 is 1.30 bits per heavy atom. The maximum Gasteiger partial charge on any atom is 0.673 e. The SMILES string of the molecule is CCCN(C(=O)CBr)c1ccc([N+](=O)[O-])cc1C(=O)OCCn1cc[n+](C)c1.F[B-](F)(F)F. The highest BCUT2D eigenvalue weighted by atomic mass is 79.9. The number of nitro groups is 1. The van der Waals surface area contributed by atoms with Crippen molar-refractivity contribution in [3.05, 3.63) is 52.6 Å². The third-order valence-corrected chi connectivity index (χ3v) is 4.45. The van der Waals surface area contributed by atoms with E-state index in [1.807, 2.05) is 41.8 Å². The van der Waals surface area contributed by atoms with Crippen LogP contribution in [-0.4, -0.2) is 47.1 Å². The first kappa shape index (κ1) is 28.1. The summed E-state index contributed by atoms with van der Waals surface area (Å²) in [6, 6.07) is 3.84. The normalized spacial score (nSPS) is 10.8. The summed E-state index contributed by atoms with van der Waals surface area (Å²) in [7, 11) is -4.12. The van der Waals surface area contributed by atoms with Crippen LogP contribution in [0.3, 0.4) is 0 Å². The van der Waals surface area contributed by atoms with Crippen molar-refractivity contribution in [2.24, 2.45) is 7.05 Å². The number of halogens is 5. The number of rotatable bonds is 9. The summed E-state index contributed by atoms with van der Waals surface area (Å²) >= 11 is 3.13. The second kappa shape index (κ2) is 12.9. The van der Waals surface area contributed by atoms with Gasteiger partial charge in [0.15, 0.2) is 0 Å². The number of amides is 1. The first-order chi connectivity index (χ1) is 15.4. The van der Waals surface area contributed by atoms with Gasteiger partial charge in [0.2, 0.25) is 12.2 Å². The molecule has 0 N–H and O–H groups in total. The fraction of sp³-hybridized carbons (Fsp3) is 0.389. The van der Waals surface area contributed by atoms with Gasteiger partial charge in [-0.3, -0.25) is 14.9 Å². The molecule has 0 spiro atoms. The molecular formula is C18H22BBrF4N4O5. The lowest BCUT2D eigenvalue weighted by Crippen LogP contribution is -2.34. The second-order valence-electron chi connectivity index (χ2n) is 6.59. The molecule has 0 radical (unpaired) electrons. The van der Waals surface area contributed by atoms with Gasteiger partial charge in [0, 0.05) is 18.7 Å². The van der Waals surface area contributed by atoms with E-state index in [0.29, 0.717) is 25.2 Å². The highest BCUT2D eigenvalue weighted by Gasteiger charge is 2.24. The summed E-state index contributed by atoms with van der Waals surface area (Å²) < 4.78 is 48.0. The molecule has 1 aromatic carbocycles. The van der Waals surface area contributed by atoms with Crippen LogP contribution in [0.4, 0.5) is 28.6 Å². The van der Waals surface area contributed by atoms with Gasteiger partial charge in [0.1, 0.15) is 25.5 Å². The van der Waals surface area contributed by atoms with Crippen molar-refractivity contribution in [2.75, 3.05) is 23.4 Å². The molecule has 0 saturated carbocycles. The van der Waals surface area contributed by atoms with Gasteiger partial charge in [-0.25, -0.2) is 13.9 Å². The van der Waals surface area contributed by atoms with Gasteiger partial charge >= 0.3 is 13.2 Å². The average Bonchev–Trinajstić information content (AvgIpc) is 3.14. The Morgan fingerprint density at radius 2 is 1.94 bits per heavy atom. The van der Waals surface area contributed by atoms with Crippen molar-refractivity contribution in [1.29, 1.82) is 0 Å². The van der Waals surface area contributed by atoms with Gasteiger partial charge in [-0.1, -0.05) is 22.9 Å². The zero-order valence-electron chi connectivity index (χ0n) is 17.8. The molecule has 1 amide bonds. The average molecular weight is 541 g/mol. The smallest absolute Gasteiger partial charge is 0.458 e. The number of benzene rings is 1. The predicted molar refractivity (Wildman–Crippen MR) is 116 cm³/mol. The van der Waals surface area contributed by atoms with Gasteiger partial charge in [-0.15, -0.1) is 0 Å². The maximum absolute atomic E-state index is 12.6. The third-order valence-electron chi connectivity index (χ3n) is 3.97. The van der Waals surface area contributed by atoms with E-state index < -0.39 is 18.1 Å². The molecule has 0 aliphatic heterocycles. The number of carbonyl (C=O) groups is 2.